The zero-order valence-electron chi connectivity index (χ0n) is 11.8. The van der Waals surface area contributed by atoms with Crippen LogP contribution < -0.4 is 15.0 Å². The molecule has 0 saturated heterocycles. The van der Waals surface area contributed by atoms with E-state index in [1.807, 2.05) is 0 Å². The van der Waals surface area contributed by atoms with E-state index in [1.54, 1.807) is 21.3 Å². The molecule has 0 amide bonds. The molecule has 3 rings (SSSR count). The molecule has 104 valence electrons. The fourth-order valence-electron chi connectivity index (χ4n) is 3.75. The van der Waals surface area contributed by atoms with Gasteiger partial charge >= 0.3 is 0 Å². The molecule has 4 nitrogen and oxygen atoms in total. The summed E-state index contributed by atoms with van der Waals surface area (Å²) in [5.41, 5.74) is 6.76. The third-order valence-corrected chi connectivity index (χ3v) is 4.48. The number of hydrogen-bond donors (Lipinski definition) is 1. The van der Waals surface area contributed by atoms with Crippen molar-refractivity contribution in [3.05, 3.63) is 22.8 Å². The summed E-state index contributed by atoms with van der Waals surface area (Å²) >= 11 is 0. The average molecular weight is 263 g/mol. The molecular formula is C15H21NO3. The summed E-state index contributed by atoms with van der Waals surface area (Å²) in [7, 11) is 5.13. The lowest BCUT2D eigenvalue weighted by molar-refractivity contribution is 0.0860. The minimum atomic E-state index is 0.626. The van der Waals surface area contributed by atoms with Crippen molar-refractivity contribution in [3.63, 3.8) is 0 Å². The van der Waals surface area contributed by atoms with Gasteiger partial charge in [-0.3, -0.25) is 0 Å². The van der Waals surface area contributed by atoms with Crippen LogP contribution in [0.25, 0.3) is 0 Å². The SMILES string of the molecule is CONCc1cc(OC)c2c(c1OC)C1CCC2C1. The molecular weight excluding hydrogens is 242 g/mol. The quantitative estimate of drug-likeness (QED) is 0.829. The normalized spacial score (nSPS) is 23.5. The van der Waals surface area contributed by atoms with E-state index >= 15 is 0 Å². The summed E-state index contributed by atoms with van der Waals surface area (Å²) in [4.78, 5) is 4.95. The number of benzene rings is 1. The molecule has 0 spiro atoms. The van der Waals surface area contributed by atoms with Crippen LogP contribution in [0.15, 0.2) is 6.07 Å². The fourth-order valence-corrected chi connectivity index (χ4v) is 3.75. The van der Waals surface area contributed by atoms with E-state index in [0.717, 1.165) is 17.1 Å². The minimum Gasteiger partial charge on any atom is -0.496 e. The van der Waals surface area contributed by atoms with E-state index in [2.05, 4.69) is 11.5 Å². The highest BCUT2D eigenvalue weighted by Gasteiger charge is 2.42. The summed E-state index contributed by atoms with van der Waals surface area (Å²) in [5, 5.41) is 0. The van der Waals surface area contributed by atoms with E-state index in [9.17, 15) is 0 Å². The van der Waals surface area contributed by atoms with Gasteiger partial charge < -0.3 is 14.3 Å². The summed E-state index contributed by atoms with van der Waals surface area (Å²) in [6.45, 7) is 0.626. The smallest absolute Gasteiger partial charge is 0.127 e. The van der Waals surface area contributed by atoms with Crippen molar-refractivity contribution in [2.45, 2.75) is 37.6 Å². The zero-order chi connectivity index (χ0) is 13.4. The molecule has 1 fully saturated rings. The number of rotatable bonds is 5. The zero-order valence-corrected chi connectivity index (χ0v) is 11.8. The molecule has 1 aromatic carbocycles. The van der Waals surface area contributed by atoms with Crippen LogP contribution in [0.4, 0.5) is 0 Å². The molecule has 0 aromatic heterocycles. The Morgan fingerprint density at radius 3 is 2.47 bits per heavy atom. The van der Waals surface area contributed by atoms with Gasteiger partial charge in [-0.05, 0) is 37.2 Å². The first kappa shape index (κ1) is 12.8. The van der Waals surface area contributed by atoms with Gasteiger partial charge in [0, 0.05) is 23.2 Å². The van der Waals surface area contributed by atoms with Crippen LogP contribution in [-0.2, 0) is 11.4 Å². The number of nitrogens with one attached hydrogen (secondary N) is 1. The molecule has 2 bridgehead atoms. The number of hydrogen-bond acceptors (Lipinski definition) is 4. The largest absolute Gasteiger partial charge is 0.496 e. The summed E-state index contributed by atoms with van der Waals surface area (Å²) in [6.07, 6.45) is 3.81. The second kappa shape index (κ2) is 5.02. The van der Waals surface area contributed by atoms with Gasteiger partial charge in [0.1, 0.15) is 11.5 Å². The minimum absolute atomic E-state index is 0.626. The Kier molecular flexibility index (Phi) is 3.37. The third kappa shape index (κ3) is 1.90. The van der Waals surface area contributed by atoms with Gasteiger partial charge in [0.15, 0.2) is 0 Å². The Morgan fingerprint density at radius 1 is 1.11 bits per heavy atom. The Balaban J connectivity index is 2.10. The van der Waals surface area contributed by atoms with E-state index in [1.165, 1.54) is 30.4 Å². The Labute approximate surface area is 114 Å². The molecule has 1 N–H and O–H groups in total. The molecule has 19 heavy (non-hydrogen) atoms. The second-order valence-corrected chi connectivity index (χ2v) is 5.33. The van der Waals surface area contributed by atoms with Gasteiger partial charge in [-0.2, -0.15) is 5.48 Å². The van der Waals surface area contributed by atoms with Crippen molar-refractivity contribution < 1.29 is 14.3 Å². The summed E-state index contributed by atoms with van der Waals surface area (Å²) in [6, 6.07) is 2.09. The lowest BCUT2D eigenvalue weighted by atomic mass is 9.88. The van der Waals surface area contributed by atoms with E-state index in [-0.39, 0.29) is 0 Å². The molecule has 0 aliphatic heterocycles. The standard InChI is InChI=1S/C15H21NO3/c1-17-12-7-11(8-16-19-3)15(18-2)14-10-5-4-9(6-10)13(12)14/h7,9-10,16H,4-6,8H2,1-3H3. The van der Waals surface area contributed by atoms with Crippen molar-refractivity contribution in [1.29, 1.82) is 0 Å². The van der Waals surface area contributed by atoms with Crippen molar-refractivity contribution >= 4 is 0 Å². The molecule has 2 aliphatic carbocycles. The monoisotopic (exact) mass is 263 g/mol. The molecule has 2 aliphatic rings. The molecule has 4 heteroatoms. The lowest BCUT2D eigenvalue weighted by Gasteiger charge is -2.23. The molecule has 2 unspecified atom stereocenters. The van der Waals surface area contributed by atoms with Crippen LogP contribution in [-0.4, -0.2) is 21.3 Å². The first-order chi connectivity index (χ1) is 9.30. The third-order valence-electron chi connectivity index (χ3n) is 4.48. The van der Waals surface area contributed by atoms with Gasteiger partial charge in [0.05, 0.1) is 21.3 Å². The van der Waals surface area contributed by atoms with Gasteiger partial charge in [-0.25, -0.2) is 0 Å². The van der Waals surface area contributed by atoms with Crippen LogP contribution in [0, 0.1) is 0 Å². The van der Waals surface area contributed by atoms with Crippen molar-refractivity contribution in [2.24, 2.45) is 0 Å². The maximum atomic E-state index is 5.69. The molecule has 0 heterocycles. The highest BCUT2D eigenvalue weighted by Crippen LogP contribution is 2.59. The Bertz CT molecular complexity index is 487. The first-order valence-corrected chi connectivity index (χ1v) is 6.83. The summed E-state index contributed by atoms with van der Waals surface area (Å²) in [5.74, 6) is 3.34. The highest BCUT2D eigenvalue weighted by molar-refractivity contribution is 5.60. The topological polar surface area (TPSA) is 39.7 Å². The van der Waals surface area contributed by atoms with Gasteiger partial charge in [-0.1, -0.05) is 0 Å². The number of fused-ring (bicyclic) bond motifs is 5. The molecule has 1 aromatic rings. The average Bonchev–Trinajstić information content (AvgIpc) is 3.05. The van der Waals surface area contributed by atoms with E-state index in [4.69, 9.17) is 14.3 Å². The van der Waals surface area contributed by atoms with Gasteiger partial charge in [0.2, 0.25) is 0 Å². The van der Waals surface area contributed by atoms with Crippen LogP contribution in [0.3, 0.4) is 0 Å². The van der Waals surface area contributed by atoms with Crippen molar-refractivity contribution in [2.75, 3.05) is 21.3 Å². The predicted molar refractivity (Wildman–Crippen MR) is 72.7 cm³/mol. The molecule has 1 saturated carbocycles. The first-order valence-electron chi connectivity index (χ1n) is 6.83. The summed E-state index contributed by atoms with van der Waals surface area (Å²) < 4.78 is 11.3. The maximum Gasteiger partial charge on any atom is 0.127 e. The Hall–Kier alpha value is -1.26. The highest BCUT2D eigenvalue weighted by atomic mass is 16.6. The van der Waals surface area contributed by atoms with Gasteiger partial charge in [-0.15, -0.1) is 0 Å². The number of methoxy groups -OCH3 is 2. The van der Waals surface area contributed by atoms with E-state index in [0.29, 0.717) is 18.4 Å². The molecule has 2 atom stereocenters. The van der Waals surface area contributed by atoms with Crippen LogP contribution in [0.2, 0.25) is 0 Å². The van der Waals surface area contributed by atoms with Crippen molar-refractivity contribution in [1.82, 2.24) is 5.48 Å². The number of ether oxygens (including phenoxy) is 2. The van der Waals surface area contributed by atoms with E-state index < -0.39 is 0 Å². The number of hydroxylamine groups is 1. The lowest BCUT2D eigenvalue weighted by Crippen LogP contribution is -2.14. The van der Waals surface area contributed by atoms with Crippen LogP contribution >= 0.6 is 0 Å². The van der Waals surface area contributed by atoms with Crippen LogP contribution in [0.5, 0.6) is 11.5 Å². The molecule has 0 radical (unpaired) electrons. The second-order valence-electron chi connectivity index (χ2n) is 5.33. The van der Waals surface area contributed by atoms with Crippen molar-refractivity contribution in [3.8, 4) is 11.5 Å². The van der Waals surface area contributed by atoms with Gasteiger partial charge in [0.25, 0.3) is 0 Å². The Morgan fingerprint density at radius 2 is 1.84 bits per heavy atom. The van der Waals surface area contributed by atoms with Crippen LogP contribution in [0.1, 0.15) is 47.8 Å². The fraction of sp³-hybridized carbons (Fsp3) is 0.600. The predicted octanol–water partition coefficient (Wildman–Crippen LogP) is 2.72. The maximum absolute atomic E-state index is 5.69.